The maximum Gasteiger partial charge on any atom is 0.321 e. The quantitative estimate of drug-likeness (QED) is 0.435. The largest absolute Gasteiger partial charge is 0.334 e. The molecule has 0 radical (unpaired) electrons. The number of aromatic nitrogens is 3. The summed E-state index contributed by atoms with van der Waals surface area (Å²) in [4.78, 5) is 36.3. The summed E-state index contributed by atoms with van der Waals surface area (Å²) in [6.07, 6.45) is 0.487. The predicted octanol–water partition coefficient (Wildman–Crippen LogP) is 3.37. The van der Waals surface area contributed by atoms with E-state index in [9.17, 15) is 14.4 Å². The van der Waals surface area contributed by atoms with E-state index in [4.69, 9.17) is 0 Å². The second-order valence-electron chi connectivity index (χ2n) is 8.86. The predicted molar refractivity (Wildman–Crippen MR) is 135 cm³/mol. The minimum Gasteiger partial charge on any atom is -0.334 e. The standard InChI is InChI=1S/C25H28N6O3S/c1-14-5-6-17(4)20(10-14)31-21(11-19-12-22(32)28-24(34)27-19)29-30-25(31)35-13-23(33)26-18-8-15(2)7-16(3)9-18/h5-10,19H,11-13H2,1-4H3,(H,26,33)(H2,27,28,32,34). The number of carbonyl (C=O) groups excluding carboxylic acids is 3. The van der Waals surface area contributed by atoms with Crippen molar-refractivity contribution in [3.63, 3.8) is 0 Å². The molecule has 182 valence electrons. The van der Waals surface area contributed by atoms with Crippen LogP contribution in [-0.2, 0) is 16.0 Å². The number of rotatable bonds is 7. The normalized spacial score (nSPS) is 15.5. The summed E-state index contributed by atoms with van der Waals surface area (Å²) >= 11 is 1.29. The number of urea groups is 1. The molecule has 1 fully saturated rings. The van der Waals surface area contributed by atoms with Crippen LogP contribution in [0.1, 0.15) is 34.5 Å². The van der Waals surface area contributed by atoms with Crippen molar-refractivity contribution < 1.29 is 14.4 Å². The van der Waals surface area contributed by atoms with Gasteiger partial charge >= 0.3 is 6.03 Å². The zero-order valence-electron chi connectivity index (χ0n) is 20.1. The van der Waals surface area contributed by atoms with Crippen LogP contribution in [0.3, 0.4) is 0 Å². The summed E-state index contributed by atoms with van der Waals surface area (Å²) in [6.45, 7) is 7.98. The number of anilines is 1. The molecule has 1 unspecified atom stereocenters. The Balaban J connectivity index is 1.57. The van der Waals surface area contributed by atoms with Crippen LogP contribution in [0.2, 0.25) is 0 Å². The smallest absolute Gasteiger partial charge is 0.321 e. The summed E-state index contributed by atoms with van der Waals surface area (Å²) in [6, 6.07) is 11.1. The van der Waals surface area contributed by atoms with Gasteiger partial charge in [-0.05, 0) is 68.1 Å². The van der Waals surface area contributed by atoms with E-state index in [1.54, 1.807) is 0 Å². The number of nitrogens with zero attached hydrogens (tertiary/aromatic N) is 3. The number of thioether (sulfide) groups is 1. The summed E-state index contributed by atoms with van der Waals surface area (Å²) in [5.74, 6) is 0.289. The van der Waals surface area contributed by atoms with Gasteiger partial charge in [0.05, 0.1) is 11.4 Å². The van der Waals surface area contributed by atoms with Gasteiger partial charge in [0.1, 0.15) is 5.82 Å². The van der Waals surface area contributed by atoms with Gasteiger partial charge in [-0.2, -0.15) is 0 Å². The molecule has 1 aromatic heterocycles. The molecule has 4 amide bonds. The SMILES string of the molecule is Cc1cc(C)cc(NC(=O)CSc2nnc(CC3CC(=O)NC(=O)N3)n2-c2cc(C)ccc2C)c1. The van der Waals surface area contributed by atoms with E-state index in [0.29, 0.717) is 17.4 Å². The van der Waals surface area contributed by atoms with E-state index in [0.717, 1.165) is 33.6 Å². The third kappa shape index (κ3) is 6.07. The van der Waals surface area contributed by atoms with E-state index < -0.39 is 12.1 Å². The maximum atomic E-state index is 12.7. The van der Waals surface area contributed by atoms with Crippen LogP contribution in [0.25, 0.3) is 5.69 Å². The highest BCUT2D eigenvalue weighted by molar-refractivity contribution is 7.99. The summed E-state index contributed by atoms with van der Waals surface area (Å²) < 4.78 is 1.91. The Bertz CT molecular complexity index is 1270. The first-order valence-electron chi connectivity index (χ1n) is 11.3. The Labute approximate surface area is 208 Å². The molecule has 1 aliphatic rings. The number of carbonyl (C=O) groups is 3. The Morgan fingerprint density at radius 3 is 2.51 bits per heavy atom. The van der Waals surface area contributed by atoms with Crippen LogP contribution in [0.5, 0.6) is 0 Å². The number of hydrogen-bond acceptors (Lipinski definition) is 6. The van der Waals surface area contributed by atoms with Gasteiger partial charge in [-0.3, -0.25) is 19.5 Å². The topological polar surface area (TPSA) is 118 Å². The second kappa shape index (κ2) is 10.3. The van der Waals surface area contributed by atoms with Crippen LogP contribution in [0.4, 0.5) is 10.5 Å². The lowest BCUT2D eigenvalue weighted by Gasteiger charge is -2.23. The average Bonchev–Trinajstić information content (AvgIpc) is 3.14. The molecule has 1 aliphatic heterocycles. The van der Waals surface area contributed by atoms with Gasteiger partial charge in [0.2, 0.25) is 11.8 Å². The van der Waals surface area contributed by atoms with Gasteiger partial charge in [0, 0.05) is 24.6 Å². The molecule has 0 saturated carbocycles. The average molecular weight is 493 g/mol. The fraction of sp³-hybridized carbons (Fsp3) is 0.320. The van der Waals surface area contributed by atoms with Crippen molar-refractivity contribution in [2.24, 2.45) is 0 Å². The van der Waals surface area contributed by atoms with Gasteiger partial charge in [-0.25, -0.2) is 4.79 Å². The number of imide groups is 1. The van der Waals surface area contributed by atoms with E-state index in [-0.39, 0.29) is 24.0 Å². The Hall–Kier alpha value is -3.66. The minimum absolute atomic E-state index is 0.145. The fourth-order valence-electron chi connectivity index (χ4n) is 4.12. The van der Waals surface area contributed by atoms with E-state index in [1.165, 1.54) is 11.8 Å². The van der Waals surface area contributed by atoms with Crippen molar-refractivity contribution in [2.45, 2.75) is 51.7 Å². The number of nitrogens with one attached hydrogen (secondary N) is 3. The van der Waals surface area contributed by atoms with Crippen molar-refractivity contribution >= 4 is 35.3 Å². The molecule has 3 aromatic rings. The minimum atomic E-state index is -0.512. The number of aryl methyl sites for hydroxylation is 4. The molecule has 3 N–H and O–H groups in total. The molecule has 0 bridgehead atoms. The zero-order chi connectivity index (χ0) is 25.1. The Morgan fingerprint density at radius 1 is 1.06 bits per heavy atom. The van der Waals surface area contributed by atoms with E-state index >= 15 is 0 Å². The first-order valence-corrected chi connectivity index (χ1v) is 12.3. The molecule has 1 atom stereocenters. The van der Waals surface area contributed by atoms with Gasteiger partial charge in [-0.15, -0.1) is 10.2 Å². The van der Waals surface area contributed by atoms with Gasteiger partial charge in [-0.1, -0.05) is 30.0 Å². The van der Waals surface area contributed by atoms with Gasteiger partial charge in [0.15, 0.2) is 5.16 Å². The van der Waals surface area contributed by atoms with Gasteiger partial charge < -0.3 is 10.6 Å². The highest BCUT2D eigenvalue weighted by Crippen LogP contribution is 2.26. The molecule has 9 nitrogen and oxygen atoms in total. The molecule has 2 heterocycles. The third-order valence-electron chi connectivity index (χ3n) is 5.59. The number of amides is 4. The second-order valence-corrected chi connectivity index (χ2v) is 9.81. The molecule has 4 rings (SSSR count). The first-order chi connectivity index (χ1) is 16.7. The summed E-state index contributed by atoms with van der Waals surface area (Å²) in [5.41, 5.74) is 5.90. The molecule has 1 saturated heterocycles. The molecule has 35 heavy (non-hydrogen) atoms. The van der Waals surface area contributed by atoms with Crippen molar-refractivity contribution in [1.29, 1.82) is 0 Å². The highest BCUT2D eigenvalue weighted by Gasteiger charge is 2.27. The molecule has 2 aromatic carbocycles. The van der Waals surface area contributed by atoms with Crippen LogP contribution >= 0.6 is 11.8 Å². The highest BCUT2D eigenvalue weighted by atomic mass is 32.2. The maximum absolute atomic E-state index is 12.7. The lowest BCUT2D eigenvalue weighted by Crippen LogP contribution is -2.53. The van der Waals surface area contributed by atoms with E-state index in [2.05, 4.69) is 32.2 Å². The Kier molecular flexibility index (Phi) is 7.20. The summed E-state index contributed by atoms with van der Waals surface area (Å²) in [7, 11) is 0. The monoisotopic (exact) mass is 492 g/mol. The van der Waals surface area contributed by atoms with Crippen LogP contribution < -0.4 is 16.0 Å². The lowest BCUT2D eigenvalue weighted by atomic mass is 10.1. The third-order valence-corrected chi connectivity index (χ3v) is 6.52. The number of benzene rings is 2. The fourth-order valence-corrected chi connectivity index (χ4v) is 4.88. The molecular weight excluding hydrogens is 464 g/mol. The molecule has 10 heteroatoms. The lowest BCUT2D eigenvalue weighted by molar-refractivity contribution is -0.121. The van der Waals surface area contributed by atoms with Crippen LogP contribution in [0, 0.1) is 27.7 Å². The van der Waals surface area contributed by atoms with Crippen molar-refractivity contribution in [1.82, 2.24) is 25.4 Å². The van der Waals surface area contributed by atoms with Crippen molar-refractivity contribution in [2.75, 3.05) is 11.1 Å². The van der Waals surface area contributed by atoms with Crippen molar-refractivity contribution in [3.8, 4) is 5.69 Å². The summed E-state index contributed by atoms with van der Waals surface area (Å²) in [5, 5.41) is 17.3. The molecular formula is C25H28N6O3S. The van der Waals surface area contributed by atoms with E-state index in [1.807, 2.05) is 62.6 Å². The number of hydrogen-bond donors (Lipinski definition) is 3. The Morgan fingerprint density at radius 2 is 1.80 bits per heavy atom. The molecule has 0 aliphatic carbocycles. The van der Waals surface area contributed by atoms with Crippen molar-refractivity contribution in [3.05, 3.63) is 64.5 Å². The molecule has 0 spiro atoms. The zero-order valence-corrected chi connectivity index (χ0v) is 21.0. The first kappa shape index (κ1) is 24.5. The van der Waals surface area contributed by atoms with Crippen LogP contribution in [0.15, 0.2) is 41.6 Å². The van der Waals surface area contributed by atoms with Gasteiger partial charge in [0.25, 0.3) is 0 Å². The van der Waals surface area contributed by atoms with Crippen LogP contribution in [-0.4, -0.2) is 44.4 Å².